The molecule has 7 heteroatoms. The molecule has 0 aliphatic carbocycles. The van der Waals surface area contributed by atoms with Gasteiger partial charge in [0.15, 0.2) is 0 Å². The molecule has 0 radical (unpaired) electrons. The summed E-state index contributed by atoms with van der Waals surface area (Å²) in [6, 6.07) is 10.2. The first-order valence-corrected chi connectivity index (χ1v) is 9.88. The van der Waals surface area contributed by atoms with Gasteiger partial charge < -0.3 is 14.5 Å². The van der Waals surface area contributed by atoms with E-state index in [-0.39, 0.29) is 12.0 Å². The average molecular weight is 383 g/mol. The number of hydrogen-bond donors (Lipinski definition) is 0. The lowest BCUT2D eigenvalue weighted by molar-refractivity contribution is 0.0574. The molecule has 3 aromatic rings. The lowest BCUT2D eigenvalue weighted by Gasteiger charge is -2.33. The molecule has 6 nitrogen and oxygen atoms in total. The zero-order valence-corrected chi connectivity index (χ0v) is 16.2. The van der Waals surface area contributed by atoms with Crippen LogP contribution in [0.5, 0.6) is 0 Å². The van der Waals surface area contributed by atoms with Gasteiger partial charge in [-0.25, -0.2) is 9.78 Å². The van der Waals surface area contributed by atoms with E-state index >= 15 is 0 Å². The van der Waals surface area contributed by atoms with Crippen LogP contribution < -0.4 is 0 Å². The number of ether oxygens (including phenoxy) is 1. The minimum absolute atomic E-state index is 0.00162. The van der Waals surface area contributed by atoms with Gasteiger partial charge in [0.1, 0.15) is 4.83 Å². The van der Waals surface area contributed by atoms with Gasteiger partial charge in [-0.15, -0.1) is 11.3 Å². The number of carbonyl (C=O) groups excluding carboxylic acids is 2. The lowest BCUT2D eigenvalue weighted by atomic mass is 10.1. The highest BCUT2D eigenvalue weighted by Gasteiger charge is 2.26. The number of amides is 2. The molecule has 2 amide bonds. The molecule has 2 aromatic heterocycles. The van der Waals surface area contributed by atoms with Crippen LogP contribution in [0.1, 0.15) is 22.2 Å². The third-order valence-electron chi connectivity index (χ3n) is 4.76. The molecule has 1 aliphatic heterocycles. The van der Waals surface area contributed by atoms with Gasteiger partial charge in [0.2, 0.25) is 0 Å². The van der Waals surface area contributed by atoms with Gasteiger partial charge in [0, 0.05) is 37.0 Å². The summed E-state index contributed by atoms with van der Waals surface area (Å²) in [6.45, 7) is 6.22. The van der Waals surface area contributed by atoms with Crippen LogP contribution in [-0.4, -0.2) is 59.6 Å². The van der Waals surface area contributed by atoms with Crippen molar-refractivity contribution in [2.75, 3.05) is 32.8 Å². The second-order valence-corrected chi connectivity index (χ2v) is 7.70. The van der Waals surface area contributed by atoms with Gasteiger partial charge in [0.25, 0.3) is 5.91 Å². The quantitative estimate of drug-likeness (QED) is 0.677. The lowest BCUT2D eigenvalue weighted by Crippen LogP contribution is -2.50. The Hall–Kier alpha value is -2.67. The van der Waals surface area contributed by atoms with Crippen molar-refractivity contribution in [3.63, 3.8) is 0 Å². The first-order chi connectivity index (χ1) is 13.0. The van der Waals surface area contributed by atoms with E-state index in [0.717, 1.165) is 21.1 Å². The number of pyridine rings is 1. The second kappa shape index (κ2) is 7.15. The van der Waals surface area contributed by atoms with Crippen molar-refractivity contribution >= 4 is 44.5 Å². The summed E-state index contributed by atoms with van der Waals surface area (Å²) >= 11 is 1.43. The van der Waals surface area contributed by atoms with Crippen LogP contribution in [-0.2, 0) is 4.74 Å². The maximum absolute atomic E-state index is 12.9. The Labute approximate surface area is 161 Å². The highest BCUT2D eigenvalue weighted by Crippen LogP contribution is 2.29. The molecule has 0 atom stereocenters. The standard InChI is InChI=1S/C20H21N3O3S/c1-3-26-20(25)23-8-6-22(7-9-23)19(24)17-12-15-11-14-5-4-13(2)10-16(14)21-18(15)27-17/h4-5,10-12H,3,6-9H2,1-2H3. The van der Waals surface area contributed by atoms with E-state index in [0.29, 0.717) is 37.7 Å². The third-order valence-corrected chi connectivity index (χ3v) is 5.80. The number of thiophene rings is 1. The first kappa shape index (κ1) is 17.7. The fraction of sp³-hybridized carbons (Fsp3) is 0.350. The van der Waals surface area contributed by atoms with E-state index in [9.17, 15) is 9.59 Å². The van der Waals surface area contributed by atoms with Crippen molar-refractivity contribution in [3.8, 4) is 0 Å². The molecule has 1 aromatic carbocycles. The highest BCUT2D eigenvalue weighted by molar-refractivity contribution is 7.20. The zero-order valence-electron chi connectivity index (χ0n) is 15.4. The minimum atomic E-state index is -0.308. The molecular weight excluding hydrogens is 362 g/mol. The number of hydrogen-bond acceptors (Lipinski definition) is 5. The highest BCUT2D eigenvalue weighted by atomic mass is 32.1. The number of fused-ring (bicyclic) bond motifs is 2. The molecule has 27 heavy (non-hydrogen) atoms. The fourth-order valence-corrected chi connectivity index (χ4v) is 4.29. The number of nitrogens with zero attached hydrogens (tertiary/aromatic N) is 3. The van der Waals surface area contributed by atoms with Crippen molar-refractivity contribution in [1.29, 1.82) is 0 Å². The van der Waals surface area contributed by atoms with Gasteiger partial charge in [-0.2, -0.15) is 0 Å². The SMILES string of the molecule is CCOC(=O)N1CCN(C(=O)c2cc3cc4ccc(C)cc4nc3s2)CC1. The van der Waals surface area contributed by atoms with Crippen LogP contribution in [0.25, 0.3) is 21.1 Å². The van der Waals surface area contributed by atoms with E-state index in [1.54, 1.807) is 16.7 Å². The Morgan fingerprint density at radius 1 is 1.07 bits per heavy atom. The van der Waals surface area contributed by atoms with E-state index in [1.807, 2.05) is 13.0 Å². The van der Waals surface area contributed by atoms with Crippen LogP contribution in [0.3, 0.4) is 0 Å². The summed E-state index contributed by atoms with van der Waals surface area (Å²) < 4.78 is 5.02. The summed E-state index contributed by atoms with van der Waals surface area (Å²) in [4.78, 5) is 34.4. The largest absolute Gasteiger partial charge is 0.450 e. The van der Waals surface area contributed by atoms with Crippen molar-refractivity contribution in [2.24, 2.45) is 0 Å². The van der Waals surface area contributed by atoms with Crippen LogP contribution in [0.4, 0.5) is 4.79 Å². The molecule has 0 N–H and O–H groups in total. The molecule has 3 heterocycles. The predicted octanol–water partition coefficient (Wildman–Crippen LogP) is 3.67. The topological polar surface area (TPSA) is 62.7 Å². The molecule has 0 bridgehead atoms. The Morgan fingerprint density at radius 2 is 1.81 bits per heavy atom. The van der Waals surface area contributed by atoms with E-state index in [1.165, 1.54) is 16.9 Å². The number of aromatic nitrogens is 1. The monoisotopic (exact) mass is 383 g/mol. The Kier molecular flexibility index (Phi) is 4.70. The fourth-order valence-electron chi connectivity index (χ4n) is 3.30. The van der Waals surface area contributed by atoms with Crippen LogP contribution in [0, 0.1) is 6.92 Å². The van der Waals surface area contributed by atoms with E-state index < -0.39 is 0 Å². The van der Waals surface area contributed by atoms with Gasteiger partial charge in [-0.1, -0.05) is 12.1 Å². The average Bonchev–Trinajstić information content (AvgIpc) is 3.08. The van der Waals surface area contributed by atoms with Gasteiger partial charge in [-0.05, 0) is 37.6 Å². The zero-order chi connectivity index (χ0) is 19.0. The molecule has 0 saturated carbocycles. The van der Waals surface area contributed by atoms with Gasteiger partial charge >= 0.3 is 6.09 Å². The molecule has 4 rings (SSSR count). The molecule has 0 spiro atoms. The van der Waals surface area contributed by atoms with Crippen LogP contribution >= 0.6 is 11.3 Å². The van der Waals surface area contributed by atoms with Gasteiger partial charge in [0.05, 0.1) is 17.0 Å². The molecule has 0 unspecified atom stereocenters. The normalized spacial score (nSPS) is 14.7. The minimum Gasteiger partial charge on any atom is -0.450 e. The maximum Gasteiger partial charge on any atom is 0.409 e. The summed E-state index contributed by atoms with van der Waals surface area (Å²) in [5.74, 6) is 0.00162. The summed E-state index contributed by atoms with van der Waals surface area (Å²) in [7, 11) is 0. The molecule has 1 saturated heterocycles. The predicted molar refractivity (Wildman–Crippen MR) is 106 cm³/mol. The van der Waals surface area contributed by atoms with E-state index in [4.69, 9.17) is 9.72 Å². The number of rotatable bonds is 2. The third kappa shape index (κ3) is 3.47. The summed E-state index contributed by atoms with van der Waals surface area (Å²) in [5.41, 5.74) is 2.12. The van der Waals surface area contributed by atoms with Crippen molar-refractivity contribution in [3.05, 3.63) is 40.8 Å². The number of benzene rings is 1. The Balaban J connectivity index is 1.53. The Bertz CT molecular complexity index is 1020. The summed E-state index contributed by atoms with van der Waals surface area (Å²) in [6.07, 6.45) is -0.308. The Morgan fingerprint density at radius 3 is 2.56 bits per heavy atom. The smallest absolute Gasteiger partial charge is 0.409 e. The van der Waals surface area contributed by atoms with Crippen LogP contribution in [0.2, 0.25) is 0 Å². The van der Waals surface area contributed by atoms with Crippen LogP contribution in [0.15, 0.2) is 30.3 Å². The number of aryl methyl sites for hydroxylation is 1. The van der Waals surface area contributed by atoms with E-state index in [2.05, 4.69) is 24.3 Å². The maximum atomic E-state index is 12.9. The number of carbonyl (C=O) groups is 2. The first-order valence-electron chi connectivity index (χ1n) is 9.07. The summed E-state index contributed by atoms with van der Waals surface area (Å²) in [5, 5.41) is 2.07. The molecule has 140 valence electrons. The van der Waals surface area contributed by atoms with Crippen molar-refractivity contribution in [2.45, 2.75) is 13.8 Å². The second-order valence-electron chi connectivity index (χ2n) is 6.67. The van der Waals surface area contributed by atoms with Gasteiger partial charge in [-0.3, -0.25) is 4.79 Å². The number of piperazine rings is 1. The molecule has 1 fully saturated rings. The molecular formula is C20H21N3O3S. The van der Waals surface area contributed by atoms with Crippen molar-refractivity contribution < 1.29 is 14.3 Å². The molecule has 1 aliphatic rings. The van der Waals surface area contributed by atoms with Crippen molar-refractivity contribution in [1.82, 2.24) is 14.8 Å².